The van der Waals surface area contributed by atoms with Gasteiger partial charge < -0.3 is 14.8 Å². The molecule has 0 aliphatic carbocycles. The lowest BCUT2D eigenvalue weighted by atomic mass is 10.0. The number of rotatable bonds is 7. The number of carbonyl (C=O) groups excluding carboxylic acids is 2. The van der Waals surface area contributed by atoms with Gasteiger partial charge in [-0.1, -0.05) is 56.3 Å². The van der Waals surface area contributed by atoms with Crippen molar-refractivity contribution in [3.63, 3.8) is 0 Å². The lowest BCUT2D eigenvalue weighted by Crippen LogP contribution is -2.32. The first-order valence-electron chi connectivity index (χ1n) is 10.7. The Bertz CT molecular complexity index is 1190. The second-order valence-electron chi connectivity index (χ2n) is 8.03. The van der Waals surface area contributed by atoms with Crippen LogP contribution >= 0.6 is 0 Å². The number of hydrogen-bond donors (Lipinski definition) is 1. The molecule has 0 unspecified atom stereocenters. The van der Waals surface area contributed by atoms with Crippen LogP contribution < -0.4 is 19.7 Å². The van der Waals surface area contributed by atoms with Crippen molar-refractivity contribution in [2.75, 3.05) is 24.4 Å². The molecule has 1 heterocycles. The highest BCUT2D eigenvalue weighted by molar-refractivity contribution is 6.46. The van der Waals surface area contributed by atoms with Crippen LogP contribution in [0.4, 0.5) is 11.4 Å². The minimum Gasteiger partial charge on any atom is -0.497 e. The largest absolute Gasteiger partial charge is 0.497 e. The zero-order valence-electron chi connectivity index (χ0n) is 19.1. The molecule has 3 aromatic rings. The van der Waals surface area contributed by atoms with Gasteiger partial charge in [-0.25, -0.2) is 4.90 Å². The number of benzene rings is 3. The quantitative estimate of drug-likeness (QED) is 0.508. The molecular formula is C27H26N2O4. The van der Waals surface area contributed by atoms with Gasteiger partial charge in [-0.15, -0.1) is 0 Å². The molecular weight excluding hydrogens is 416 g/mol. The van der Waals surface area contributed by atoms with Crippen LogP contribution in [0.2, 0.25) is 0 Å². The number of amides is 2. The highest BCUT2D eigenvalue weighted by Gasteiger charge is 2.40. The van der Waals surface area contributed by atoms with Crippen molar-refractivity contribution in [2.24, 2.45) is 0 Å². The van der Waals surface area contributed by atoms with E-state index in [1.165, 1.54) is 19.8 Å². The third-order valence-electron chi connectivity index (χ3n) is 5.59. The van der Waals surface area contributed by atoms with Crippen molar-refractivity contribution in [1.29, 1.82) is 0 Å². The van der Waals surface area contributed by atoms with E-state index in [1.54, 1.807) is 18.2 Å². The van der Waals surface area contributed by atoms with Gasteiger partial charge in [0.15, 0.2) is 0 Å². The molecule has 6 heteroatoms. The third kappa shape index (κ3) is 4.32. The molecule has 0 radical (unpaired) electrons. The molecule has 0 spiro atoms. The van der Waals surface area contributed by atoms with Gasteiger partial charge in [0.1, 0.15) is 17.2 Å². The summed E-state index contributed by atoms with van der Waals surface area (Å²) < 4.78 is 10.7. The normalized spacial score (nSPS) is 13.7. The maximum atomic E-state index is 13.6. The smallest absolute Gasteiger partial charge is 0.282 e. The number of nitrogens with one attached hydrogen (secondary N) is 1. The lowest BCUT2D eigenvalue weighted by molar-refractivity contribution is -0.120. The fourth-order valence-electron chi connectivity index (χ4n) is 3.77. The first kappa shape index (κ1) is 22.1. The summed E-state index contributed by atoms with van der Waals surface area (Å²) in [4.78, 5) is 28.3. The molecule has 2 amide bonds. The zero-order chi connectivity index (χ0) is 23.5. The Hall–Kier alpha value is -4.06. The number of imide groups is 1. The van der Waals surface area contributed by atoms with Crippen molar-refractivity contribution in [3.8, 4) is 11.5 Å². The van der Waals surface area contributed by atoms with E-state index in [2.05, 4.69) is 19.2 Å². The highest BCUT2D eigenvalue weighted by Crippen LogP contribution is 2.37. The average Bonchev–Trinajstić information content (AvgIpc) is 3.08. The Morgan fingerprint density at radius 1 is 0.788 bits per heavy atom. The SMILES string of the molecule is COc1cc(OC)cc(N2C(=O)C(Nc3ccc(C(C)C)cc3)=C(c3ccccc3)C2=O)c1. The molecule has 0 saturated carbocycles. The summed E-state index contributed by atoms with van der Waals surface area (Å²) in [5.41, 5.74) is 3.50. The fourth-order valence-corrected chi connectivity index (χ4v) is 3.77. The second kappa shape index (κ2) is 9.20. The summed E-state index contributed by atoms with van der Waals surface area (Å²) in [6.07, 6.45) is 0. The average molecular weight is 443 g/mol. The van der Waals surface area contributed by atoms with E-state index in [9.17, 15) is 9.59 Å². The van der Waals surface area contributed by atoms with Crippen LogP contribution in [-0.2, 0) is 9.59 Å². The minimum atomic E-state index is -0.443. The van der Waals surface area contributed by atoms with Gasteiger partial charge >= 0.3 is 0 Å². The Balaban J connectivity index is 1.79. The Labute approximate surface area is 193 Å². The van der Waals surface area contributed by atoms with Crippen molar-refractivity contribution in [2.45, 2.75) is 19.8 Å². The molecule has 168 valence electrons. The van der Waals surface area contributed by atoms with E-state index in [0.29, 0.717) is 34.2 Å². The zero-order valence-corrected chi connectivity index (χ0v) is 19.1. The Morgan fingerprint density at radius 2 is 1.39 bits per heavy atom. The molecule has 33 heavy (non-hydrogen) atoms. The van der Waals surface area contributed by atoms with Gasteiger partial charge in [0.25, 0.3) is 11.8 Å². The van der Waals surface area contributed by atoms with E-state index in [0.717, 1.165) is 10.6 Å². The number of carbonyl (C=O) groups is 2. The summed E-state index contributed by atoms with van der Waals surface area (Å²) in [6.45, 7) is 4.25. The summed E-state index contributed by atoms with van der Waals surface area (Å²) in [5, 5.41) is 3.20. The number of hydrogen-bond acceptors (Lipinski definition) is 5. The maximum Gasteiger partial charge on any atom is 0.282 e. The van der Waals surface area contributed by atoms with Crippen LogP contribution in [0.1, 0.15) is 30.9 Å². The van der Waals surface area contributed by atoms with Crippen LogP contribution in [0.3, 0.4) is 0 Å². The molecule has 4 rings (SSSR count). The van der Waals surface area contributed by atoms with Crippen LogP contribution in [-0.4, -0.2) is 26.0 Å². The summed E-state index contributed by atoms with van der Waals surface area (Å²) in [6, 6.07) is 22.0. The van der Waals surface area contributed by atoms with Crippen molar-refractivity contribution in [3.05, 3.63) is 89.6 Å². The topological polar surface area (TPSA) is 67.9 Å². The molecule has 0 fully saturated rings. The van der Waals surface area contributed by atoms with Crippen molar-refractivity contribution < 1.29 is 19.1 Å². The number of methoxy groups -OCH3 is 2. The summed E-state index contributed by atoms with van der Waals surface area (Å²) in [7, 11) is 3.04. The van der Waals surface area contributed by atoms with E-state index in [4.69, 9.17) is 9.47 Å². The minimum absolute atomic E-state index is 0.227. The number of ether oxygens (including phenoxy) is 2. The van der Waals surface area contributed by atoms with Gasteiger partial charge in [-0.3, -0.25) is 9.59 Å². The number of anilines is 2. The molecule has 0 atom stereocenters. The second-order valence-corrected chi connectivity index (χ2v) is 8.03. The molecule has 0 aromatic heterocycles. The van der Waals surface area contributed by atoms with Gasteiger partial charge in [-0.05, 0) is 29.2 Å². The first-order chi connectivity index (χ1) is 15.9. The predicted molar refractivity (Wildman–Crippen MR) is 130 cm³/mol. The van der Waals surface area contributed by atoms with E-state index >= 15 is 0 Å². The van der Waals surface area contributed by atoms with Crippen LogP contribution in [0, 0.1) is 0 Å². The van der Waals surface area contributed by atoms with Crippen molar-refractivity contribution in [1.82, 2.24) is 0 Å². The van der Waals surface area contributed by atoms with Gasteiger partial charge in [0.2, 0.25) is 0 Å². The molecule has 6 nitrogen and oxygen atoms in total. The lowest BCUT2D eigenvalue weighted by Gasteiger charge is -2.17. The highest BCUT2D eigenvalue weighted by atomic mass is 16.5. The third-order valence-corrected chi connectivity index (χ3v) is 5.59. The van der Waals surface area contributed by atoms with Crippen molar-refractivity contribution >= 4 is 28.8 Å². The van der Waals surface area contributed by atoms with Crippen LogP contribution in [0.5, 0.6) is 11.5 Å². The standard InChI is InChI=1S/C27H26N2O4/c1-17(2)18-10-12-20(13-11-18)28-25-24(19-8-6-5-7-9-19)26(30)29(27(25)31)21-14-22(32-3)16-23(15-21)33-4/h5-17,28H,1-4H3. The van der Waals surface area contributed by atoms with Crippen LogP contribution in [0.15, 0.2) is 78.5 Å². The Morgan fingerprint density at radius 3 is 1.94 bits per heavy atom. The van der Waals surface area contributed by atoms with Crippen LogP contribution in [0.25, 0.3) is 5.57 Å². The van der Waals surface area contributed by atoms with E-state index in [-0.39, 0.29) is 5.70 Å². The van der Waals surface area contributed by atoms with E-state index in [1.807, 2.05) is 54.6 Å². The molecule has 1 aliphatic heterocycles. The molecule has 1 N–H and O–H groups in total. The maximum absolute atomic E-state index is 13.6. The summed E-state index contributed by atoms with van der Waals surface area (Å²) >= 11 is 0. The van der Waals surface area contributed by atoms with Gasteiger partial charge in [0.05, 0.1) is 25.5 Å². The monoisotopic (exact) mass is 442 g/mol. The molecule has 0 saturated heterocycles. The first-order valence-corrected chi connectivity index (χ1v) is 10.7. The van der Waals surface area contributed by atoms with E-state index < -0.39 is 11.8 Å². The Kier molecular flexibility index (Phi) is 6.18. The van der Waals surface area contributed by atoms with Gasteiger partial charge in [0, 0.05) is 23.9 Å². The fraction of sp³-hybridized carbons (Fsp3) is 0.185. The van der Waals surface area contributed by atoms with Gasteiger partial charge in [-0.2, -0.15) is 0 Å². The number of nitrogens with zero attached hydrogens (tertiary/aromatic N) is 1. The molecule has 0 bridgehead atoms. The summed E-state index contributed by atoms with van der Waals surface area (Å²) in [5.74, 6) is 0.505. The molecule has 3 aromatic carbocycles. The molecule has 1 aliphatic rings. The predicted octanol–water partition coefficient (Wildman–Crippen LogP) is 5.22.